The summed E-state index contributed by atoms with van der Waals surface area (Å²) in [5.41, 5.74) is 5.79. The summed E-state index contributed by atoms with van der Waals surface area (Å²) in [6.45, 7) is 2.48. The van der Waals surface area contributed by atoms with Crippen LogP contribution < -0.4 is 5.73 Å². The highest BCUT2D eigenvalue weighted by molar-refractivity contribution is 5.81. The van der Waals surface area contributed by atoms with Gasteiger partial charge in [-0.3, -0.25) is 4.79 Å². The largest absolute Gasteiger partial charge is 0.384 e. The van der Waals surface area contributed by atoms with Crippen LogP contribution in [0.1, 0.15) is 19.3 Å². The van der Waals surface area contributed by atoms with Crippen molar-refractivity contribution in [2.75, 3.05) is 26.8 Å². The number of amides is 1. The highest BCUT2D eigenvalue weighted by atomic mass is 16.5. The molecular weight excluding hydrogens is 216 g/mol. The number of rotatable bonds is 3. The molecule has 3 atom stereocenters. The van der Waals surface area contributed by atoms with E-state index in [1.54, 1.807) is 7.11 Å². The van der Waals surface area contributed by atoms with Gasteiger partial charge in [0.2, 0.25) is 5.91 Å². The van der Waals surface area contributed by atoms with Gasteiger partial charge in [-0.25, -0.2) is 0 Å². The molecule has 0 spiro atoms. The predicted molar refractivity (Wildman–Crippen MR) is 66.4 cm³/mol. The lowest BCUT2D eigenvalue weighted by Crippen LogP contribution is -2.43. The van der Waals surface area contributed by atoms with Crippen LogP contribution in [0.3, 0.4) is 0 Å². The van der Waals surface area contributed by atoms with Crippen LogP contribution in [-0.4, -0.2) is 43.7 Å². The highest BCUT2D eigenvalue weighted by Gasteiger charge is 2.30. The average Bonchev–Trinajstić information content (AvgIpc) is 2.76. The minimum atomic E-state index is 0.00583. The van der Waals surface area contributed by atoms with E-state index in [9.17, 15) is 4.79 Å². The Balaban J connectivity index is 1.88. The standard InChI is InChI=1S/C13H22N2O2/c1-17-9-10-3-2-6-15(8-10)13(16)11-4-5-12(14)7-11/h4-5,10-12H,2-3,6-9,14H2,1H3. The Kier molecular flexibility index (Phi) is 4.18. The van der Waals surface area contributed by atoms with Crippen LogP contribution in [0.15, 0.2) is 12.2 Å². The van der Waals surface area contributed by atoms with Crippen molar-refractivity contribution in [2.45, 2.75) is 25.3 Å². The molecule has 96 valence electrons. The van der Waals surface area contributed by atoms with Crippen LogP contribution in [0.25, 0.3) is 0 Å². The van der Waals surface area contributed by atoms with E-state index < -0.39 is 0 Å². The van der Waals surface area contributed by atoms with Gasteiger partial charge in [0.15, 0.2) is 0 Å². The highest BCUT2D eigenvalue weighted by Crippen LogP contribution is 2.23. The third-order valence-electron chi connectivity index (χ3n) is 3.67. The lowest BCUT2D eigenvalue weighted by molar-refractivity contribution is -0.136. The number of ether oxygens (including phenoxy) is 1. The number of piperidine rings is 1. The monoisotopic (exact) mass is 238 g/mol. The summed E-state index contributed by atoms with van der Waals surface area (Å²) >= 11 is 0. The van der Waals surface area contributed by atoms with Gasteiger partial charge in [-0.15, -0.1) is 0 Å². The molecule has 4 nitrogen and oxygen atoms in total. The number of carbonyl (C=O) groups excluding carboxylic acids is 1. The van der Waals surface area contributed by atoms with E-state index in [1.807, 2.05) is 17.1 Å². The van der Waals surface area contributed by atoms with Crippen molar-refractivity contribution in [3.8, 4) is 0 Å². The van der Waals surface area contributed by atoms with E-state index in [4.69, 9.17) is 10.5 Å². The SMILES string of the molecule is COCC1CCCN(C(=O)C2C=CC(N)C2)C1. The fourth-order valence-electron chi connectivity index (χ4n) is 2.78. The van der Waals surface area contributed by atoms with Gasteiger partial charge in [0.25, 0.3) is 0 Å². The summed E-state index contributed by atoms with van der Waals surface area (Å²) in [4.78, 5) is 14.3. The Morgan fingerprint density at radius 1 is 1.53 bits per heavy atom. The smallest absolute Gasteiger partial charge is 0.229 e. The maximum Gasteiger partial charge on any atom is 0.229 e. The molecule has 1 aliphatic heterocycles. The second kappa shape index (κ2) is 5.65. The molecule has 1 aliphatic carbocycles. The summed E-state index contributed by atoms with van der Waals surface area (Å²) in [5.74, 6) is 0.748. The number of nitrogens with zero attached hydrogens (tertiary/aromatic N) is 1. The Hall–Kier alpha value is -0.870. The van der Waals surface area contributed by atoms with Crippen molar-refractivity contribution in [1.82, 2.24) is 4.90 Å². The second-order valence-electron chi connectivity index (χ2n) is 5.14. The molecule has 3 unspecified atom stereocenters. The minimum absolute atomic E-state index is 0.00583. The number of carbonyl (C=O) groups is 1. The molecule has 2 N–H and O–H groups in total. The lowest BCUT2D eigenvalue weighted by Gasteiger charge is -2.33. The van der Waals surface area contributed by atoms with Crippen molar-refractivity contribution in [3.05, 3.63) is 12.2 Å². The van der Waals surface area contributed by atoms with Gasteiger partial charge in [0.05, 0.1) is 12.5 Å². The van der Waals surface area contributed by atoms with Gasteiger partial charge < -0.3 is 15.4 Å². The lowest BCUT2D eigenvalue weighted by atomic mass is 9.97. The molecule has 4 heteroatoms. The van der Waals surface area contributed by atoms with Gasteiger partial charge in [-0.1, -0.05) is 12.2 Å². The second-order valence-corrected chi connectivity index (χ2v) is 5.14. The fraction of sp³-hybridized carbons (Fsp3) is 0.769. The van der Waals surface area contributed by atoms with Crippen molar-refractivity contribution in [1.29, 1.82) is 0 Å². The van der Waals surface area contributed by atoms with E-state index >= 15 is 0 Å². The van der Waals surface area contributed by atoms with E-state index in [2.05, 4.69) is 0 Å². The Bertz CT molecular complexity index is 302. The van der Waals surface area contributed by atoms with Crippen molar-refractivity contribution in [3.63, 3.8) is 0 Å². The van der Waals surface area contributed by atoms with E-state index in [-0.39, 0.29) is 17.9 Å². The van der Waals surface area contributed by atoms with Crippen LogP contribution in [0.4, 0.5) is 0 Å². The van der Waals surface area contributed by atoms with E-state index in [0.29, 0.717) is 5.92 Å². The van der Waals surface area contributed by atoms with Crippen molar-refractivity contribution >= 4 is 5.91 Å². The molecule has 0 aromatic carbocycles. The van der Waals surface area contributed by atoms with Crippen LogP contribution >= 0.6 is 0 Å². The maximum atomic E-state index is 12.3. The first kappa shape index (κ1) is 12.6. The first-order chi connectivity index (χ1) is 8.20. The van der Waals surface area contributed by atoms with Crippen molar-refractivity contribution < 1.29 is 9.53 Å². The third-order valence-corrected chi connectivity index (χ3v) is 3.67. The summed E-state index contributed by atoms with van der Waals surface area (Å²) < 4.78 is 5.18. The van der Waals surface area contributed by atoms with E-state index in [0.717, 1.165) is 39.0 Å². The number of nitrogens with two attached hydrogens (primary N) is 1. The average molecular weight is 238 g/mol. The minimum Gasteiger partial charge on any atom is -0.384 e. The van der Waals surface area contributed by atoms with Crippen LogP contribution in [-0.2, 0) is 9.53 Å². The zero-order valence-electron chi connectivity index (χ0n) is 10.5. The number of likely N-dealkylation sites (tertiary alicyclic amines) is 1. The van der Waals surface area contributed by atoms with Crippen LogP contribution in [0.2, 0.25) is 0 Å². The molecule has 0 aromatic rings. The quantitative estimate of drug-likeness (QED) is 0.739. The molecule has 2 rings (SSSR count). The van der Waals surface area contributed by atoms with Crippen LogP contribution in [0, 0.1) is 11.8 Å². The molecule has 1 saturated heterocycles. The first-order valence-corrected chi connectivity index (χ1v) is 6.42. The van der Waals surface area contributed by atoms with Crippen LogP contribution in [0.5, 0.6) is 0 Å². The molecule has 0 saturated carbocycles. The summed E-state index contributed by atoms with van der Waals surface area (Å²) in [7, 11) is 1.72. The Morgan fingerprint density at radius 2 is 2.35 bits per heavy atom. The molecule has 17 heavy (non-hydrogen) atoms. The third kappa shape index (κ3) is 3.07. The van der Waals surface area contributed by atoms with E-state index in [1.165, 1.54) is 0 Å². The van der Waals surface area contributed by atoms with Gasteiger partial charge in [0.1, 0.15) is 0 Å². The topological polar surface area (TPSA) is 55.6 Å². The number of hydrogen-bond donors (Lipinski definition) is 1. The molecule has 1 amide bonds. The maximum absolute atomic E-state index is 12.3. The molecule has 2 aliphatic rings. The molecule has 1 fully saturated rings. The zero-order valence-corrected chi connectivity index (χ0v) is 10.5. The van der Waals surface area contributed by atoms with Gasteiger partial charge in [-0.05, 0) is 25.2 Å². The first-order valence-electron chi connectivity index (χ1n) is 6.42. The molecule has 1 heterocycles. The molecule has 0 bridgehead atoms. The summed E-state index contributed by atoms with van der Waals surface area (Å²) in [6, 6.07) is 0.0588. The normalized spacial score (nSPS) is 33.1. The van der Waals surface area contributed by atoms with Gasteiger partial charge in [0, 0.05) is 26.2 Å². The molecular formula is C13H22N2O2. The predicted octanol–water partition coefficient (Wildman–Crippen LogP) is 0.775. The molecule has 0 aromatic heterocycles. The molecule has 0 radical (unpaired) electrons. The van der Waals surface area contributed by atoms with Gasteiger partial charge in [-0.2, -0.15) is 0 Å². The number of hydrogen-bond acceptors (Lipinski definition) is 3. The zero-order chi connectivity index (χ0) is 12.3. The van der Waals surface area contributed by atoms with Crippen molar-refractivity contribution in [2.24, 2.45) is 17.6 Å². The van der Waals surface area contributed by atoms with Gasteiger partial charge >= 0.3 is 0 Å². The number of methoxy groups -OCH3 is 1. The Labute approximate surface area is 103 Å². The Morgan fingerprint density at radius 3 is 3.00 bits per heavy atom. The summed E-state index contributed by atoms with van der Waals surface area (Å²) in [6.07, 6.45) is 6.93. The fourth-order valence-corrected chi connectivity index (χ4v) is 2.78. The summed E-state index contributed by atoms with van der Waals surface area (Å²) in [5, 5.41) is 0.